The molecule has 0 heterocycles. The van der Waals surface area contributed by atoms with E-state index < -0.39 is 0 Å². The minimum absolute atomic E-state index is 0.0189. The molecule has 1 fully saturated rings. The third kappa shape index (κ3) is 8.08. The summed E-state index contributed by atoms with van der Waals surface area (Å²) in [5.41, 5.74) is -0.0553. The van der Waals surface area contributed by atoms with Crippen LogP contribution in [-0.2, 0) is 9.59 Å². The van der Waals surface area contributed by atoms with Crippen LogP contribution in [0.25, 0.3) is 0 Å². The minimum Gasteiger partial charge on any atom is -0.353 e. The Morgan fingerprint density at radius 3 is 2.14 bits per heavy atom. The van der Waals surface area contributed by atoms with Crippen LogP contribution in [0.3, 0.4) is 0 Å². The smallest absolute Gasteiger partial charge is 0.222 e. The van der Waals surface area contributed by atoms with Gasteiger partial charge in [-0.2, -0.15) is 0 Å². The highest BCUT2D eigenvalue weighted by atomic mass is 16.2. The van der Waals surface area contributed by atoms with E-state index in [0.717, 1.165) is 19.3 Å². The summed E-state index contributed by atoms with van der Waals surface area (Å²) >= 11 is 0. The molecule has 4 nitrogen and oxygen atoms in total. The molecule has 122 valence electrons. The van der Waals surface area contributed by atoms with Crippen molar-refractivity contribution in [1.82, 2.24) is 10.2 Å². The van der Waals surface area contributed by atoms with Gasteiger partial charge in [-0.3, -0.25) is 9.59 Å². The summed E-state index contributed by atoms with van der Waals surface area (Å²) in [7, 11) is 1.86. The Bertz CT molecular complexity index is 379. The maximum absolute atomic E-state index is 12.1. The van der Waals surface area contributed by atoms with Gasteiger partial charge in [0.15, 0.2) is 0 Å². The number of carbonyl (C=O) groups excluding carboxylic acids is 2. The first-order valence-electron chi connectivity index (χ1n) is 8.02. The Morgan fingerprint density at radius 2 is 1.67 bits per heavy atom. The topological polar surface area (TPSA) is 49.4 Å². The van der Waals surface area contributed by atoms with Crippen molar-refractivity contribution in [3.05, 3.63) is 0 Å². The van der Waals surface area contributed by atoms with Gasteiger partial charge in [-0.05, 0) is 30.1 Å². The van der Waals surface area contributed by atoms with Gasteiger partial charge in [-0.15, -0.1) is 0 Å². The fourth-order valence-corrected chi connectivity index (χ4v) is 2.21. The molecule has 0 aromatic heterocycles. The molecule has 1 rings (SSSR count). The Balaban J connectivity index is 2.33. The van der Waals surface area contributed by atoms with Crippen molar-refractivity contribution in [3.63, 3.8) is 0 Å². The number of hydrogen-bond acceptors (Lipinski definition) is 2. The third-order valence-corrected chi connectivity index (χ3v) is 3.81. The normalized spacial score (nSPS) is 15.7. The molecule has 21 heavy (non-hydrogen) atoms. The summed E-state index contributed by atoms with van der Waals surface area (Å²) in [6, 6.07) is 0.421. The second-order valence-corrected chi connectivity index (χ2v) is 8.49. The molecule has 0 saturated heterocycles. The van der Waals surface area contributed by atoms with Gasteiger partial charge in [0.2, 0.25) is 11.8 Å². The first-order valence-corrected chi connectivity index (χ1v) is 8.02. The molecule has 2 amide bonds. The zero-order chi connectivity index (χ0) is 16.3. The van der Waals surface area contributed by atoms with Crippen LogP contribution in [-0.4, -0.2) is 36.3 Å². The van der Waals surface area contributed by atoms with Gasteiger partial charge in [0.25, 0.3) is 0 Å². The first kappa shape index (κ1) is 18.0. The molecule has 0 atom stereocenters. The standard InChI is InChI=1S/C17H32N2O2/c1-16(2,3)12-15(21)19(6)10-9-17(4,5)11-14(20)18-13-7-8-13/h13H,7-12H2,1-6H3,(H,18,20). The molecule has 0 aromatic rings. The van der Waals surface area contributed by atoms with E-state index in [9.17, 15) is 9.59 Å². The largest absolute Gasteiger partial charge is 0.353 e. The van der Waals surface area contributed by atoms with Crippen molar-refractivity contribution in [1.29, 1.82) is 0 Å². The van der Waals surface area contributed by atoms with Crippen molar-refractivity contribution >= 4 is 11.8 Å². The zero-order valence-corrected chi connectivity index (χ0v) is 14.6. The lowest BCUT2D eigenvalue weighted by atomic mass is 9.85. The Kier molecular flexibility index (Phi) is 5.83. The maximum Gasteiger partial charge on any atom is 0.222 e. The molecule has 0 unspecified atom stereocenters. The van der Waals surface area contributed by atoms with Gasteiger partial charge in [-0.25, -0.2) is 0 Å². The highest BCUT2D eigenvalue weighted by molar-refractivity contribution is 5.77. The number of amides is 2. The van der Waals surface area contributed by atoms with Gasteiger partial charge < -0.3 is 10.2 Å². The molecule has 0 radical (unpaired) electrons. The summed E-state index contributed by atoms with van der Waals surface area (Å²) in [5, 5.41) is 3.03. The van der Waals surface area contributed by atoms with Crippen molar-refractivity contribution in [3.8, 4) is 0 Å². The molecule has 1 aliphatic carbocycles. The van der Waals surface area contributed by atoms with Crippen LogP contribution in [0.2, 0.25) is 0 Å². The van der Waals surface area contributed by atoms with Crippen LogP contribution in [0.15, 0.2) is 0 Å². The molecule has 4 heteroatoms. The van der Waals surface area contributed by atoms with E-state index >= 15 is 0 Å². The highest BCUT2D eigenvalue weighted by Crippen LogP contribution is 2.27. The quantitative estimate of drug-likeness (QED) is 0.785. The van der Waals surface area contributed by atoms with Gasteiger partial charge >= 0.3 is 0 Å². The van der Waals surface area contributed by atoms with E-state index in [0.29, 0.717) is 25.4 Å². The summed E-state index contributed by atoms with van der Waals surface area (Å²) < 4.78 is 0. The number of rotatable bonds is 7. The molecule has 0 spiro atoms. The van der Waals surface area contributed by atoms with E-state index in [4.69, 9.17) is 0 Å². The Labute approximate surface area is 129 Å². The van der Waals surface area contributed by atoms with Crippen LogP contribution >= 0.6 is 0 Å². The van der Waals surface area contributed by atoms with Crippen LogP contribution in [0, 0.1) is 10.8 Å². The first-order chi connectivity index (χ1) is 9.48. The fraction of sp³-hybridized carbons (Fsp3) is 0.882. The van der Waals surface area contributed by atoms with Crippen molar-refractivity contribution in [2.75, 3.05) is 13.6 Å². The molecular formula is C17H32N2O2. The number of nitrogens with zero attached hydrogens (tertiary/aromatic N) is 1. The maximum atomic E-state index is 12.1. The Morgan fingerprint density at radius 1 is 1.10 bits per heavy atom. The van der Waals surface area contributed by atoms with E-state index in [-0.39, 0.29) is 22.6 Å². The molecule has 1 N–H and O–H groups in total. The second kappa shape index (κ2) is 6.80. The third-order valence-electron chi connectivity index (χ3n) is 3.81. The van der Waals surface area contributed by atoms with E-state index in [1.54, 1.807) is 4.90 Å². The van der Waals surface area contributed by atoms with E-state index in [1.165, 1.54) is 0 Å². The van der Waals surface area contributed by atoms with Crippen LogP contribution < -0.4 is 5.32 Å². The Hall–Kier alpha value is -1.06. The van der Waals surface area contributed by atoms with Gasteiger partial charge in [0.1, 0.15) is 0 Å². The van der Waals surface area contributed by atoms with Crippen molar-refractivity contribution in [2.24, 2.45) is 10.8 Å². The molecule has 0 aromatic carbocycles. The number of nitrogens with one attached hydrogen (secondary N) is 1. The van der Waals surface area contributed by atoms with Crippen LogP contribution in [0.1, 0.15) is 66.7 Å². The molecular weight excluding hydrogens is 264 g/mol. The van der Waals surface area contributed by atoms with Crippen molar-refractivity contribution in [2.45, 2.75) is 72.8 Å². The predicted octanol–water partition coefficient (Wildman–Crippen LogP) is 2.97. The summed E-state index contributed by atoms with van der Waals surface area (Å²) in [6.07, 6.45) is 4.18. The number of carbonyl (C=O) groups is 2. The zero-order valence-electron chi connectivity index (χ0n) is 14.6. The van der Waals surface area contributed by atoms with Gasteiger partial charge in [0.05, 0.1) is 0 Å². The van der Waals surface area contributed by atoms with E-state index in [1.807, 2.05) is 7.05 Å². The molecule has 0 bridgehead atoms. The molecule has 1 saturated carbocycles. The average Bonchev–Trinajstić information content (AvgIpc) is 3.06. The predicted molar refractivity (Wildman–Crippen MR) is 85.9 cm³/mol. The van der Waals surface area contributed by atoms with Crippen molar-refractivity contribution < 1.29 is 9.59 Å². The average molecular weight is 296 g/mol. The molecule has 0 aliphatic heterocycles. The number of hydrogen-bond donors (Lipinski definition) is 1. The lowest BCUT2D eigenvalue weighted by molar-refractivity contribution is -0.132. The fourth-order valence-electron chi connectivity index (χ4n) is 2.21. The van der Waals surface area contributed by atoms with Crippen LogP contribution in [0.5, 0.6) is 0 Å². The van der Waals surface area contributed by atoms with E-state index in [2.05, 4.69) is 39.9 Å². The summed E-state index contributed by atoms with van der Waals surface area (Å²) in [5.74, 6) is 0.326. The monoisotopic (exact) mass is 296 g/mol. The van der Waals surface area contributed by atoms with Gasteiger partial charge in [-0.1, -0.05) is 34.6 Å². The SMILES string of the molecule is CN(CCC(C)(C)CC(=O)NC1CC1)C(=O)CC(C)(C)C. The lowest BCUT2D eigenvalue weighted by Gasteiger charge is -2.28. The van der Waals surface area contributed by atoms with Gasteiger partial charge in [0, 0.05) is 32.5 Å². The second-order valence-electron chi connectivity index (χ2n) is 8.49. The lowest BCUT2D eigenvalue weighted by Crippen LogP contribution is -2.35. The summed E-state index contributed by atoms with van der Waals surface area (Å²) in [6.45, 7) is 11.1. The van der Waals surface area contributed by atoms with Crippen LogP contribution in [0.4, 0.5) is 0 Å². The minimum atomic E-state index is -0.0742. The highest BCUT2D eigenvalue weighted by Gasteiger charge is 2.28. The summed E-state index contributed by atoms with van der Waals surface area (Å²) in [4.78, 5) is 25.8. The molecule has 1 aliphatic rings.